The van der Waals surface area contributed by atoms with Gasteiger partial charge in [-0.25, -0.2) is 4.39 Å². The normalized spacial score (nSPS) is 11.2. The summed E-state index contributed by atoms with van der Waals surface area (Å²) in [5, 5.41) is 1.22. The van der Waals surface area contributed by atoms with Crippen LogP contribution in [0.1, 0.15) is 16.7 Å². The van der Waals surface area contributed by atoms with Gasteiger partial charge < -0.3 is 10.3 Å². The molecule has 0 fully saturated rings. The molecule has 1 aromatic heterocycles. The van der Waals surface area contributed by atoms with Crippen molar-refractivity contribution in [2.24, 2.45) is 5.73 Å². The number of benzene rings is 2. The average Bonchev–Trinajstić information content (AvgIpc) is 2.85. The molecule has 0 aliphatic carbocycles. The van der Waals surface area contributed by atoms with Gasteiger partial charge in [0.1, 0.15) is 5.82 Å². The van der Waals surface area contributed by atoms with E-state index in [-0.39, 0.29) is 5.82 Å². The number of aromatic nitrogens is 1. The van der Waals surface area contributed by atoms with Crippen molar-refractivity contribution in [3.63, 3.8) is 0 Å². The molecule has 2 aromatic carbocycles. The molecule has 0 amide bonds. The smallest absolute Gasteiger partial charge is 0.123 e. The Balaban J connectivity index is 1.98. The molecular weight excluding hydrogens is 263 g/mol. The van der Waals surface area contributed by atoms with Gasteiger partial charge in [0.25, 0.3) is 0 Å². The van der Waals surface area contributed by atoms with Crippen LogP contribution in [0.5, 0.6) is 0 Å². The summed E-state index contributed by atoms with van der Waals surface area (Å²) >= 11 is 0. The number of nitrogens with zero attached hydrogens (tertiary/aromatic N) is 1. The SMILES string of the molecule is Cc1cc(F)ccc1Cn1ccc2ccc(CCN)cc21. The summed E-state index contributed by atoms with van der Waals surface area (Å²) in [5.74, 6) is -0.182. The molecule has 3 aromatic rings. The molecule has 0 unspecified atom stereocenters. The van der Waals surface area contributed by atoms with Crippen molar-refractivity contribution in [1.29, 1.82) is 0 Å². The molecule has 0 radical (unpaired) electrons. The Morgan fingerprint density at radius 1 is 1.10 bits per heavy atom. The molecule has 108 valence electrons. The molecule has 0 aliphatic heterocycles. The van der Waals surface area contributed by atoms with Gasteiger partial charge in [0, 0.05) is 18.3 Å². The van der Waals surface area contributed by atoms with Crippen LogP contribution in [-0.4, -0.2) is 11.1 Å². The number of halogens is 1. The summed E-state index contributed by atoms with van der Waals surface area (Å²) in [6.07, 6.45) is 2.97. The molecule has 1 heterocycles. The Labute approximate surface area is 124 Å². The molecule has 0 spiro atoms. The largest absolute Gasteiger partial charge is 0.343 e. The van der Waals surface area contributed by atoms with E-state index in [1.54, 1.807) is 6.07 Å². The van der Waals surface area contributed by atoms with Crippen molar-refractivity contribution >= 4 is 10.9 Å². The van der Waals surface area contributed by atoms with Gasteiger partial charge in [-0.1, -0.05) is 18.2 Å². The summed E-state index contributed by atoms with van der Waals surface area (Å²) in [5.41, 5.74) is 10.2. The van der Waals surface area contributed by atoms with Gasteiger partial charge in [0.2, 0.25) is 0 Å². The van der Waals surface area contributed by atoms with Gasteiger partial charge in [-0.15, -0.1) is 0 Å². The van der Waals surface area contributed by atoms with Gasteiger partial charge in [-0.2, -0.15) is 0 Å². The molecule has 0 bridgehead atoms. The lowest BCUT2D eigenvalue weighted by Gasteiger charge is -2.10. The molecule has 2 nitrogen and oxygen atoms in total. The number of aryl methyl sites for hydroxylation is 1. The predicted octanol–water partition coefficient (Wildman–Crippen LogP) is 3.64. The summed E-state index contributed by atoms with van der Waals surface area (Å²) in [6.45, 7) is 3.36. The van der Waals surface area contributed by atoms with Crippen LogP contribution in [0.2, 0.25) is 0 Å². The van der Waals surface area contributed by atoms with Crippen molar-refractivity contribution in [3.05, 3.63) is 71.2 Å². The monoisotopic (exact) mass is 282 g/mol. The predicted molar refractivity (Wildman–Crippen MR) is 84.9 cm³/mol. The third-order valence-corrected chi connectivity index (χ3v) is 3.92. The number of hydrogen-bond acceptors (Lipinski definition) is 1. The first-order valence-electron chi connectivity index (χ1n) is 7.20. The maximum absolute atomic E-state index is 13.2. The van der Waals surface area contributed by atoms with E-state index in [1.165, 1.54) is 22.5 Å². The maximum Gasteiger partial charge on any atom is 0.123 e. The fraction of sp³-hybridized carbons (Fsp3) is 0.222. The van der Waals surface area contributed by atoms with Gasteiger partial charge in [-0.3, -0.25) is 0 Å². The van der Waals surface area contributed by atoms with Crippen molar-refractivity contribution in [3.8, 4) is 0 Å². The van der Waals surface area contributed by atoms with Crippen LogP contribution in [-0.2, 0) is 13.0 Å². The molecule has 3 rings (SSSR count). The van der Waals surface area contributed by atoms with E-state index in [1.807, 2.05) is 13.0 Å². The quantitative estimate of drug-likeness (QED) is 0.778. The number of fused-ring (bicyclic) bond motifs is 1. The highest BCUT2D eigenvalue weighted by Gasteiger charge is 2.05. The summed E-state index contributed by atoms with van der Waals surface area (Å²) in [6, 6.07) is 13.5. The lowest BCUT2D eigenvalue weighted by Crippen LogP contribution is -2.03. The zero-order valence-corrected chi connectivity index (χ0v) is 12.1. The standard InChI is InChI=1S/C18H19FN2/c1-13-10-17(19)5-4-16(13)12-21-9-7-15-3-2-14(6-8-20)11-18(15)21/h2-5,7,9-11H,6,8,12,20H2,1H3. The minimum absolute atomic E-state index is 0.182. The van der Waals surface area contributed by atoms with Crippen molar-refractivity contribution in [2.75, 3.05) is 6.54 Å². The van der Waals surface area contributed by atoms with Crippen LogP contribution in [0, 0.1) is 12.7 Å². The molecular formula is C18H19FN2. The maximum atomic E-state index is 13.2. The Hall–Kier alpha value is -2.13. The fourth-order valence-electron chi connectivity index (χ4n) is 2.71. The number of hydrogen-bond donors (Lipinski definition) is 1. The first kappa shape index (κ1) is 13.8. The van der Waals surface area contributed by atoms with E-state index in [2.05, 4.69) is 35.0 Å². The van der Waals surface area contributed by atoms with E-state index in [9.17, 15) is 4.39 Å². The highest BCUT2D eigenvalue weighted by atomic mass is 19.1. The van der Waals surface area contributed by atoms with Crippen LogP contribution in [0.25, 0.3) is 10.9 Å². The molecule has 0 saturated carbocycles. The third-order valence-electron chi connectivity index (χ3n) is 3.92. The zero-order valence-electron chi connectivity index (χ0n) is 12.1. The summed E-state index contributed by atoms with van der Waals surface area (Å²) in [7, 11) is 0. The topological polar surface area (TPSA) is 30.9 Å². The molecule has 3 heteroatoms. The van der Waals surface area contributed by atoms with E-state index in [0.29, 0.717) is 6.54 Å². The fourth-order valence-corrected chi connectivity index (χ4v) is 2.71. The van der Waals surface area contributed by atoms with E-state index < -0.39 is 0 Å². The minimum atomic E-state index is -0.182. The first-order chi connectivity index (χ1) is 10.2. The van der Waals surface area contributed by atoms with Crippen LogP contribution < -0.4 is 5.73 Å². The van der Waals surface area contributed by atoms with Gasteiger partial charge in [0.15, 0.2) is 0 Å². The first-order valence-corrected chi connectivity index (χ1v) is 7.20. The summed E-state index contributed by atoms with van der Waals surface area (Å²) < 4.78 is 15.4. The van der Waals surface area contributed by atoms with Crippen molar-refractivity contribution < 1.29 is 4.39 Å². The molecule has 0 aliphatic rings. The Kier molecular flexibility index (Phi) is 3.76. The van der Waals surface area contributed by atoms with Crippen molar-refractivity contribution in [2.45, 2.75) is 19.9 Å². The van der Waals surface area contributed by atoms with E-state index in [4.69, 9.17) is 5.73 Å². The molecule has 2 N–H and O–H groups in total. The Bertz CT molecular complexity index is 774. The van der Waals surface area contributed by atoms with Crippen LogP contribution >= 0.6 is 0 Å². The lowest BCUT2D eigenvalue weighted by molar-refractivity contribution is 0.625. The average molecular weight is 282 g/mol. The lowest BCUT2D eigenvalue weighted by atomic mass is 10.1. The second-order valence-corrected chi connectivity index (χ2v) is 5.45. The molecule has 0 saturated heterocycles. The Morgan fingerprint density at radius 3 is 2.71 bits per heavy atom. The second kappa shape index (κ2) is 5.70. The zero-order chi connectivity index (χ0) is 14.8. The van der Waals surface area contributed by atoms with E-state index >= 15 is 0 Å². The summed E-state index contributed by atoms with van der Waals surface area (Å²) in [4.78, 5) is 0. The number of nitrogens with two attached hydrogens (primary N) is 1. The highest BCUT2D eigenvalue weighted by molar-refractivity contribution is 5.81. The van der Waals surface area contributed by atoms with Crippen molar-refractivity contribution in [1.82, 2.24) is 4.57 Å². The number of rotatable bonds is 4. The van der Waals surface area contributed by atoms with Crippen LogP contribution in [0.4, 0.5) is 4.39 Å². The van der Waals surface area contributed by atoms with E-state index in [0.717, 1.165) is 24.1 Å². The molecule has 21 heavy (non-hydrogen) atoms. The van der Waals surface area contributed by atoms with Gasteiger partial charge >= 0.3 is 0 Å². The highest BCUT2D eigenvalue weighted by Crippen LogP contribution is 2.20. The second-order valence-electron chi connectivity index (χ2n) is 5.45. The Morgan fingerprint density at radius 2 is 1.95 bits per heavy atom. The third kappa shape index (κ3) is 2.83. The van der Waals surface area contributed by atoms with Gasteiger partial charge in [-0.05, 0) is 66.2 Å². The molecule has 0 atom stereocenters. The van der Waals surface area contributed by atoms with Gasteiger partial charge in [0.05, 0.1) is 0 Å². The van der Waals surface area contributed by atoms with Crippen LogP contribution in [0.3, 0.4) is 0 Å². The minimum Gasteiger partial charge on any atom is -0.343 e. The van der Waals surface area contributed by atoms with Crippen LogP contribution in [0.15, 0.2) is 48.7 Å².